The second kappa shape index (κ2) is 7.22. The van der Waals surface area contributed by atoms with Crippen molar-refractivity contribution in [2.75, 3.05) is 5.32 Å². The molecule has 0 amide bonds. The van der Waals surface area contributed by atoms with Gasteiger partial charge in [-0.25, -0.2) is 4.99 Å². The number of aliphatic imine (C=N–C) groups is 2. The number of nitrogens with zero attached hydrogens (tertiary/aromatic N) is 2. The van der Waals surface area contributed by atoms with Gasteiger partial charge in [-0.3, -0.25) is 4.99 Å². The van der Waals surface area contributed by atoms with Crippen LogP contribution in [0.1, 0.15) is 46.6 Å². The van der Waals surface area contributed by atoms with Crippen LogP contribution in [0.3, 0.4) is 0 Å². The Balaban J connectivity index is 2.73. The van der Waals surface area contributed by atoms with Crippen molar-refractivity contribution in [3.63, 3.8) is 0 Å². The maximum absolute atomic E-state index is 4.63. The quantitative estimate of drug-likeness (QED) is 0.614. The van der Waals surface area contributed by atoms with Gasteiger partial charge in [-0.05, 0) is 44.7 Å². The molecule has 1 aromatic carbocycles. The number of anilines is 1. The van der Waals surface area contributed by atoms with E-state index in [4.69, 9.17) is 0 Å². The van der Waals surface area contributed by atoms with Crippen LogP contribution in [0, 0.1) is 12.8 Å². The van der Waals surface area contributed by atoms with Crippen molar-refractivity contribution in [1.82, 2.24) is 0 Å². The molecule has 0 spiro atoms. The topological polar surface area (TPSA) is 36.8 Å². The molecule has 0 saturated heterocycles. The predicted octanol–water partition coefficient (Wildman–Crippen LogP) is 4.68. The highest BCUT2D eigenvalue weighted by molar-refractivity contribution is 5.98. The van der Waals surface area contributed by atoms with Gasteiger partial charge in [0.2, 0.25) is 0 Å². The van der Waals surface area contributed by atoms with E-state index in [0.717, 1.165) is 17.9 Å². The molecule has 0 aliphatic heterocycles. The highest BCUT2D eigenvalue weighted by atomic mass is 15.0. The molecule has 3 nitrogen and oxygen atoms in total. The van der Waals surface area contributed by atoms with Crippen LogP contribution in [0.15, 0.2) is 34.3 Å². The first-order valence-electron chi connectivity index (χ1n) is 7.29. The van der Waals surface area contributed by atoms with Crippen LogP contribution in [0.25, 0.3) is 0 Å². The van der Waals surface area contributed by atoms with Crippen molar-refractivity contribution in [1.29, 1.82) is 0 Å². The number of benzene rings is 1. The zero-order valence-electron chi connectivity index (χ0n) is 13.6. The first-order valence-corrected chi connectivity index (χ1v) is 7.29. The zero-order valence-corrected chi connectivity index (χ0v) is 13.6. The highest BCUT2D eigenvalue weighted by Crippen LogP contribution is 2.24. The number of rotatable bonds is 5. The van der Waals surface area contributed by atoms with E-state index in [9.17, 15) is 0 Å². The number of aryl methyl sites for hydroxylation is 1. The number of para-hydroxylation sites is 1. The number of amidine groups is 1. The molecule has 0 fully saturated rings. The van der Waals surface area contributed by atoms with Gasteiger partial charge >= 0.3 is 0 Å². The Bertz CT molecular complexity index is 489. The van der Waals surface area contributed by atoms with Gasteiger partial charge in [-0.2, -0.15) is 0 Å². The average molecular weight is 273 g/mol. The van der Waals surface area contributed by atoms with Crippen molar-refractivity contribution in [3.8, 4) is 0 Å². The van der Waals surface area contributed by atoms with Crippen molar-refractivity contribution in [2.45, 2.75) is 53.5 Å². The van der Waals surface area contributed by atoms with E-state index in [1.807, 2.05) is 19.1 Å². The summed E-state index contributed by atoms with van der Waals surface area (Å²) in [6, 6.07) is 8.18. The number of nitrogens with one attached hydrogen (secondary N) is 1. The Labute approximate surface area is 123 Å². The van der Waals surface area contributed by atoms with Crippen LogP contribution in [-0.4, -0.2) is 17.7 Å². The molecular formula is C17H27N3. The fraction of sp³-hybridized carbons (Fsp3) is 0.529. The Kier molecular flexibility index (Phi) is 5.93. The second-order valence-corrected chi connectivity index (χ2v) is 5.76. The van der Waals surface area contributed by atoms with Gasteiger partial charge in [-0.15, -0.1) is 0 Å². The minimum atomic E-state index is -0.0353. The summed E-state index contributed by atoms with van der Waals surface area (Å²) in [5, 5.41) is 3.30. The molecule has 110 valence electrons. The fourth-order valence-corrected chi connectivity index (χ4v) is 1.84. The zero-order chi connectivity index (χ0) is 15.2. The minimum Gasteiger partial charge on any atom is -0.344 e. The lowest BCUT2D eigenvalue weighted by Gasteiger charge is -2.27. The third-order valence-electron chi connectivity index (χ3n) is 4.02. The summed E-state index contributed by atoms with van der Waals surface area (Å²) in [6.07, 6.45) is 2.70. The van der Waals surface area contributed by atoms with Crippen molar-refractivity contribution >= 4 is 17.9 Å². The first kappa shape index (κ1) is 16.4. The van der Waals surface area contributed by atoms with Crippen molar-refractivity contribution in [3.05, 3.63) is 29.8 Å². The molecule has 0 heterocycles. The molecule has 0 bridgehead atoms. The summed E-state index contributed by atoms with van der Waals surface area (Å²) in [5.74, 6) is 1.36. The largest absolute Gasteiger partial charge is 0.344 e. The third-order valence-corrected chi connectivity index (χ3v) is 4.02. The average Bonchev–Trinajstić information content (AvgIpc) is 2.41. The van der Waals surface area contributed by atoms with Gasteiger partial charge in [0.1, 0.15) is 12.2 Å². The molecule has 1 unspecified atom stereocenters. The van der Waals surface area contributed by atoms with Crippen molar-refractivity contribution in [2.24, 2.45) is 15.9 Å². The van der Waals surface area contributed by atoms with Gasteiger partial charge in [-0.1, -0.05) is 39.0 Å². The summed E-state index contributed by atoms with van der Waals surface area (Å²) in [7, 11) is 0. The lowest BCUT2D eigenvalue weighted by Crippen LogP contribution is -2.28. The van der Waals surface area contributed by atoms with E-state index in [1.165, 1.54) is 5.56 Å². The first-order chi connectivity index (χ1) is 9.39. The molecule has 0 aliphatic carbocycles. The molecular weight excluding hydrogens is 246 g/mol. The number of hydrogen-bond donors (Lipinski definition) is 1. The van der Waals surface area contributed by atoms with Crippen LogP contribution < -0.4 is 5.32 Å². The summed E-state index contributed by atoms with van der Waals surface area (Å²) in [5.41, 5.74) is 2.26. The van der Waals surface area contributed by atoms with E-state index in [1.54, 1.807) is 6.34 Å². The third kappa shape index (κ3) is 4.48. The van der Waals surface area contributed by atoms with E-state index in [-0.39, 0.29) is 5.54 Å². The molecule has 3 heteroatoms. The van der Waals surface area contributed by atoms with Crippen LogP contribution in [-0.2, 0) is 0 Å². The van der Waals surface area contributed by atoms with Gasteiger partial charge in [0, 0.05) is 5.69 Å². The maximum atomic E-state index is 4.63. The monoisotopic (exact) mass is 273 g/mol. The van der Waals surface area contributed by atoms with Gasteiger partial charge in [0.25, 0.3) is 0 Å². The normalized spacial score (nSPS) is 15.7. The predicted molar refractivity (Wildman–Crippen MR) is 89.9 cm³/mol. The molecule has 1 aromatic rings. The Morgan fingerprint density at radius 2 is 2.00 bits per heavy atom. The van der Waals surface area contributed by atoms with Crippen LogP contribution in [0.5, 0.6) is 0 Å². The smallest absolute Gasteiger partial charge is 0.112 e. The van der Waals surface area contributed by atoms with E-state index in [2.05, 4.69) is 62.1 Å². The molecule has 0 aliphatic rings. The van der Waals surface area contributed by atoms with Gasteiger partial charge < -0.3 is 5.32 Å². The molecule has 1 rings (SSSR count). The lowest BCUT2D eigenvalue weighted by molar-refractivity contribution is 0.333. The van der Waals surface area contributed by atoms with E-state index < -0.39 is 0 Å². The molecule has 20 heavy (non-hydrogen) atoms. The van der Waals surface area contributed by atoms with Crippen LogP contribution in [0.4, 0.5) is 5.69 Å². The highest BCUT2D eigenvalue weighted by Gasteiger charge is 2.24. The number of hydrogen-bond acceptors (Lipinski definition) is 1. The van der Waals surface area contributed by atoms with Crippen LogP contribution >= 0.6 is 0 Å². The maximum Gasteiger partial charge on any atom is 0.112 e. The fourth-order valence-electron chi connectivity index (χ4n) is 1.84. The molecule has 0 saturated carbocycles. The Morgan fingerprint density at radius 3 is 2.55 bits per heavy atom. The summed E-state index contributed by atoms with van der Waals surface area (Å²) < 4.78 is 0. The van der Waals surface area contributed by atoms with E-state index in [0.29, 0.717) is 5.92 Å². The molecule has 0 radical (unpaired) electrons. The molecule has 1 atom stereocenters. The van der Waals surface area contributed by atoms with Crippen LogP contribution in [0.2, 0.25) is 0 Å². The molecule has 0 aromatic heterocycles. The standard InChI is InChI=1S/C17H27N3/c1-7-17(6,13(2)3)19-12-18-15(5)20-16-11-9-8-10-14(16)4/h8-13H,7H2,1-6H3,(H,18,19,20). The summed E-state index contributed by atoms with van der Waals surface area (Å²) >= 11 is 0. The molecule has 1 N–H and O–H groups in total. The van der Waals surface area contributed by atoms with Gasteiger partial charge in [0.15, 0.2) is 0 Å². The minimum absolute atomic E-state index is 0.0353. The van der Waals surface area contributed by atoms with Gasteiger partial charge in [0.05, 0.1) is 5.54 Å². The summed E-state index contributed by atoms with van der Waals surface area (Å²) in [6.45, 7) is 12.8. The van der Waals surface area contributed by atoms with Crippen molar-refractivity contribution < 1.29 is 0 Å². The Morgan fingerprint density at radius 1 is 1.35 bits per heavy atom. The SMILES string of the molecule is CCC(C)(N=CN=C(C)Nc1ccccc1C)C(C)C. The summed E-state index contributed by atoms with van der Waals surface area (Å²) in [4.78, 5) is 9.01. The van der Waals surface area contributed by atoms with E-state index >= 15 is 0 Å². The second-order valence-electron chi connectivity index (χ2n) is 5.76. The Hall–Kier alpha value is -1.64. The lowest BCUT2D eigenvalue weighted by atomic mass is 9.87.